The molecule has 5 aromatic carbocycles. The molecule has 0 saturated carbocycles. The van der Waals surface area contributed by atoms with Gasteiger partial charge >= 0.3 is 0 Å². The van der Waals surface area contributed by atoms with Crippen LogP contribution in [0.3, 0.4) is 0 Å². The van der Waals surface area contributed by atoms with Crippen molar-refractivity contribution in [2.45, 2.75) is 80.4 Å². The van der Waals surface area contributed by atoms with Crippen molar-refractivity contribution in [2.75, 3.05) is 0 Å². The van der Waals surface area contributed by atoms with E-state index < -0.39 is 0 Å². The van der Waals surface area contributed by atoms with Crippen LogP contribution in [-0.2, 0) is 17.3 Å². The predicted molar refractivity (Wildman–Crippen MR) is 194 cm³/mol. The van der Waals surface area contributed by atoms with E-state index in [1.165, 1.54) is 71.5 Å². The van der Waals surface area contributed by atoms with E-state index in [9.17, 15) is 0 Å². The molecular weight excluding hydrogens is 579 g/mol. The average Bonchev–Trinajstić information content (AvgIpc) is 3.49. The Hall–Kier alpha value is -4.12. The number of fused-ring (bicyclic) bond motifs is 11. The minimum Gasteiger partial charge on any atom is -0.355 e. The lowest BCUT2D eigenvalue weighted by Gasteiger charge is -2.29. The molecule has 2 unspecified atom stereocenters. The van der Waals surface area contributed by atoms with Gasteiger partial charge in [-0.3, -0.25) is 5.32 Å². The molecule has 4 heteroatoms. The van der Waals surface area contributed by atoms with Crippen LogP contribution in [0.2, 0.25) is 0 Å². The highest BCUT2D eigenvalue weighted by molar-refractivity contribution is 7.99. The Morgan fingerprint density at radius 3 is 2.43 bits per heavy atom. The summed E-state index contributed by atoms with van der Waals surface area (Å²) >= 11 is 2.02. The van der Waals surface area contributed by atoms with Gasteiger partial charge in [0.1, 0.15) is 12.0 Å². The summed E-state index contributed by atoms with van der Waals surface area (Å²) in [5, 5.41) is 9.72. The van der Waals surface area contributed by atoms with E-state index in [0.29, 0.717) is 0 Å². The van der Waals surface area contributed by atoms with Crippen molar-refractivity contribution in [3.8, 4) is 22.3 Å². The minimum absolute atomic E-state index is 0.0370. The van der Waals surface area contributed by atoms with Crippen LogP contribution < -0.4 is 10.6 Å². The fourth-order valence-electron chi connectivity index (χ4n) is 8.17. The summed E-state index contributed by atoms with van der Waals surface area (Å²) in [5.41, 5.74) is 13.9. The number of amidine groups is 1. The number of nitrogens with one attached hydrogen (secondary N) is 2. The van der Waals surface area contributed by atoms with Crippen molar-refractivity contribution in [3.05, 3.63) is 124 Å². The molecule has 2 atom stereocenters. The molecule has 228 valence electrons. The second-order valence-electron chi connectivity index (χ2n) is 14.7. The predicted octanol–water partition coefficient (Wildman–Crippen LogP) is 10.2. The van der Waals surface area contributed by atoms with Crippen molar-refractivity contribution in [3.63, 3.8) is 0 Å². The van der Waals surface area contributed by atoms with Gasteiger partial charge in [0.15, 0.2) is 0 Å². The highest BCUT2D eigenvalue weighted by atomic mass is 32.2. The number of benzene rings is 5. The van der Waals surface area contributed by atoms with E-state index in [2.05, 4.69) is 136 Å². The highest BCUT2D eigenvalue weighted by Gasteiger charge is 2.36. The van der Waals surface area contributed by atoms with E-state index in [1.807, 2.05) is 17.8 Å². The van der Waals surface area contributed by atoms with Crippen LogP contribution in [0.15, 0.2) is 106 Å². The first-order chi connectivity index (χ1) is 22.2. The van der Waals surface area contributed by atoms with Gasteiger partial charge in [0.25, 0.3) is 0 Å². The zero-order valence-corrected chi connectivity index (χ0v) is 28.0. The van der Waals surface area contributed by atoms with Crippen molar-refractivity contribution in [1.82, 2.24) is 10.6 Å². The fraction of sp³-hybridized carbons (Fsp3) is 0.262. The smallest absolute Gasteiger partial charge is 0.131 e. The summed E-state index contributed by atoms with van der Waals surface area (Å²) < 4.78 is 0. The number of aliphatic imine (C=N–C) groups is 1. The van der Waals surface area contributed by atoms with Crippen LogP contribution in [0.25, 0.3) is 39.1 Å². The molecule has 2 aliphatic heterocycles. The van der Waals surface area contributed by atoms with E-state index in [0.717, 1.165) is 17.8 Å². The van der Waals surface area contributed by atoms with Gasteiger partial charge in [-0.2, -0.15) is 0 Å². The molecule has 0 fully saturated rings. The van der Waals surface area contributed by atoms with Crippen molar-refractivity contribution in [2.24, 2.45) is 4.99 Å². The summed E-state index contributed by atoms with van der Waals surface area (Å²) in [6.07, 6.45) is 7.10. The molecule has 0 amide bonds. The molecule has 3 nitrogen and oxygen atoms in total. The van der Waals surface area contributed by atoms with Crippen LogP contribution in [0.4, 0.5) is 0 Å². The normalized spacial score (nSPS) is 21.4. The summed E-state index contributed by atoms with van der Waals surface area (Å²) in [6.45, 7) is 11.7. The Balaban J connectivity index is 1.26. The van der Waals surface area contributed by atoms with Gasteiger partial charge in [-0.15, -0.1) is 0 Å². The van der Waals surface area contributed by atoms with Crippen LogP contribution in [0.5, 0.6) is 0 Å². The summed E-state index contributed by atoms with van der Waals surface area (Å²) in [6, 6.07) is 31.7. The van der Waals surface area contributed by atoms with Gasteiger partial charge in [0, 0.05) is 20.8 Å². The van der Waals surface area contributed by atoms with E-state index in [-0.39, 0.29) is 23.2 Å². The molecule has 46 heavy (non-hydrogen) atoms. The summed E-state index contributed by atoms with van der Waals surface area (Å²) in [4.78, 5) is 7.99. The lowest BCUT2D eigenvalue weighted by Crippen LogP contribution is -2.49. The first kappa shape index (κ1) is 28.1. The molecule has 0 bridgehead atoms. The van der Waals surface area contributed by atoms with Crippen molar-refractivity contribution < 1.29 is 0 Å². The summed E-state index contributed by atoms with van der Waals surface area (Å²) in [5.74, 6) is 0.932. The van der Waals surface area contributed by atoms with E-state index >= 15 is 0 Å². The molecule has 9 rings (SSSR count). The number of allylic oxidation sites excluding steroid dienone is 1. The largest absolute Gasteiger partial charge is 0.355 e. The molecule has 0 aromatic heterocycles. The molecule has 2 heterocycles. The Kier molecular flexibility index (Phi) is 6.08. The first-order valence-corrected chi connectivity index (χ1v) is 17.4. The lowest BCUT2D eigenvalue weighted by molar-refractivity contribution is 0.422. The maximum atomic E-state index is 5.13. The lowest BCUT2D eigenvalue weighted by atomic mass is 9.83. The summed E-state index contributed by atoms with van der Waals surface area (Å²) in [7, 11) is 0. The average molecular weight is 618 g/mol. The van der Waals surface area contributed by atoms with Crippen molar-refractivity contribution >= 4 is 34.4 Å². The number of hydrogen-bond acceptors (Lipinski definition) is 4. The Morgan fingerprint density at radius 1 is 0.804 bits per heavy atom. The number of rotatable bonds is 2. The van der Waals surface area contributed by atoms with Gasteiger partial charge in [-0.25, -0.2) is 4.99 Å². The number of hydrogen-bond donors (Lipinski definition) is 2. The number of nitrogens with zero attached hydrogens (tertiary/aromatic N) is 1. The van der Waals surface area contributed by atoms with Crippen LogP contribution >= 0.6 is 11.8 Å². The standard InChI is InChI=1S/C42H39N3S/c1-24-43-39(25-9-7-6-8-10-25)45-40(44-24)27-12-13-28-26(23-27)11-14-29-30-15-17-34-31(19-21-41(34,2)3)37(30)46-38-32-20-22-42(4,5)35(32)18-16-33(38)36(28)29/h6-18,20,22-24,40,44H,19,21H2,1-5H3,(H,43,45). The molecular formula is C42H39N3S. The second kappa shape index (κ2) is 9.94. The first-order valence-electron chi connectivity index (χ1n) is 16.6. The zero-order valence-electron chi connectivity index (χ0n) is 27.2. The van der Waals surface area contributed by atoms with Crippen molar-refractivity contribution in [1.29, 1.82) is 0 Å². The van der Waals surface area contributed by atoms with E-state index in [1.54, 1.807) is 5.56 Å². The van der Waals surface area contributed by atoms with Crippen LogP contribution in [0, 0.1) is 0 Å². The molecule has 0 radical (unpaired) electrons. The second-order valence-corrected chi connectivity index (χ2v) is 15.7. The Labute approximate surface area is 276 Å². The van der Waals surface area contributed by atoms with Gasteiger partial charge in [0.05, 0.1) is 6.17 Å². The molecule has 5 aromatic rings. The maximum Gasteiger partial charge on any atom is 0.131 e. The third-order valence-electron chi connectivity index (χ3n) is 10.7. The molecule has 4 aliphatic rings. The highest BCUT2D eigenvalue weighted by Crippen LogP contribution is 2.57. The van der Waals surface area contributed by atoms with E-state index in [4.69, 9.17) is 4.99 Å². The maximum absolute atomic E-state index is 5.13. The van der Waals surface area contributed by atoms with Gasteiger partial charge < -0.3 is 5.32 Å². The molecule has 2 aliphatic carbocycles. The molecule has 2 N–H and O–H groups in total. The topological polar surface area (TPSA) is 36.4 Å². The third-order valence-corrected chi connectivity index (χ3v) is 12.1. The molecule has 0 saturated heterocycles. The minimum atomic E-state index is -0.125. The third kappa shape index (κ3) is 4.19. The Morgan fingerprint density at radius 2 is 1.59 bits per heavy atom. The SMILES string of the molecule is CC1NC(c2ccccc2)=NC(c2ccc3c4c(ccc3c2)-c2ccc3c(c2Sc2c-4ccc4c2C=CC4(C)C)CCC3(C)C)N1. The van der Waals surface area contributed by atoms with Gasteiger partial charge in [-0.05, 0) is 92.1 Å². The quantitative estimate of drug-likeness (QED) is 0.203. The van der Waals surface area contributed by atoms with Gasteiger partial charge in [0.2, 0.25) is 0 Å². The zero-order chi connectivity index (χ0) is 31.4. The van der Waals surface area contributed by atoms with Crippen LogP contribution in [0.1, 0.15) is 80.6 Å². The monoisotopic (exact) mass is 617 g/mol. The fourth-order valence-corrected chi connectivity index (χ4v) is 9.57. The molecule has 0 spiro atoms. The van der Waals surface area contributed by atoms with Gasteiger partial charge in [-0.1, -0.05) is 130 Å². The van der Waals surface area contributed by atoms with Crippen LogP contribution in [-0.4, -0.2) is 12.0 Å². The Bertz CT molecular complexity index is 2150.